The molecular formula is C13H19BrClN3O3S. The maximum Gasteiger partial charge on any atom is 0.248 e. The fourth-order valence-electron chi connectivity index (χ4n) is 2.60. The second kappa shape index (κ2) is 7.27. The highest BCUT2D eigenvalue weighted by atomic mass is 79.9. The molecule has 22 heavy (non-hydrogen) atoms. The number of nitrogens with one attached hydrogen (secondary N) is 1. The highest BCUT2D eigenvalue weighted by Gasteiger charge is 2.37. The lowest BCUT2D eigenvalue weighted by atomic mass is 10.0. The highest BCUT2D eigenvalue weighted by molar-refractivity contribution is 9.10. The number of hydrogen-bond donors (Lipinski definition) is 3. The standard InChI is InChI=1S/C13H18BrN3O3S.ClH/c14-10-5-9(12(16)18)6-11(7-10)21(19,20)17-13(8-15)3-1-2-4-13;/h5-7,17H,1-4,8,15H2,(H2,16,18);1H. The molecule has 1 aliphatic rings. The van der Waals surface area contributed by atoms with E-state index in [1.54, 1.807) is 0 Å². The van der Waals surface area contributed by atoms with E-state index in [4.69, 9.17) is 11.5 Å². The van der Waals surface area contributed by atoms with E-state index >= 15 is 0 Å². The Labute approximate surface area is 144 Å². The molecule has 1 aliphatic carbocycles. The first-order valence-corrected chi connectivity index (χ1v) is 8.90. The number of sulfonamides is 1. The monoisotopic (exact) mass is 411 g/mol. The molecule has 5 N–H and O–H groups in total. The molecule has 0 aromatic heterocycles. The quantitative estimate of drug-likeness (QED) is 0.680. The fourth-order valence-corrected chi connectivity index (χ4v) is 4.79. The summed E-state index contributed by atoms with van der Waals surface area (Å²) in [7, 11) is -3.76. The van der Waals surface area contributed by atoms with Gasteiger partial charge in [-0.05, 0) is 31.0 Å². The van der Waals surface area contributed by atoms with E-state index in [2.05, 4.69) is 20.7 Å². The molecule has 2 rings (SSSR count). The predicted octanol–water partition coefficient (Wildman–Crippen LogP) is 1.52. The zero-order valence-electron chi connectivity index (χ0n) is 11.8. The molecule has 1 aromatic rings. The first kappa shape index (κ1) is 19.4. The Morgan fingerprint density at radius 2 is 1.86 bits per heavy atom. The largest absolute Gasteiger partial charge is 0.366 e. The summed E-state index contributed by atoms with van der Waals surface area (Å²) in [6.45, 7) is 0.253. The van der Waals surface area contributed by atoms with Crippen molar-refractivity contribution in [3.63, 3.8) is 0 Å². The number of carbonyl (C=O) groups excluding carboxylic acids is 1. The maximum atomic E-state index is 12.5. The smallest absolute Gasteiger partial charge is 0.248 e. The van der Waals surface area contributed by atoms with Gasteiger partial charge in [-0.2, -0.15) is 0 Å². The maximum absolute atomic E-state index is 12.5. The minimum absolute atomic E-state index is 0. The number of halogens is 2. The zero-order valence-corrected chi connectivity index (χ0v) is 15.1. The van der Waals surface area contributed by atoms with Gasteiger partial charge in [0, 0.05) is 22.1 Å². The molecule has 0 heterocycles. The van der Waals surface area contributed by atoms with Gasteiger partial charge in [0.05, 0.1) is 4.90 Å². The Kier molecular flexibility index (Phi) is 6.40. The first-order chi connectivity index (χ1) is 9.78. The van der Waals surface area contributed by atoms with Gasteiger partial charge in [-0.1, -0.05) is 28.8 Å². The Morgan fingerprint density at radius 3 is 2.36 bits per heavy atom. The average Bonchev–Trinajstić information content (AvgIpc) is 2.86. The molecule has 0 unspecified atom stereocenters. The van der Waals surface area contributed by atoms with E-state index in [9.17, 15) is 13.2 Å². The number of benzene rings is 1. The van der Waals surface area contributed by atoms with E-state index in [0.29, 0.717) is 4.47 Å². The molecule has 0 aliphatic heterocycles. The number of rotatable bonds is 5. The Morgan fingerprint density at radius 1 is 1.27 bits per heavy atom. The topological polar surface area (TPSA) is 115 Å². The molecule has 0 atom stereocenters. The van der Waals surface area contributed by atoms with Crippen molar-refractivity contribution >= 4 is 44.3 Å². The second-order valence-electron chi connectivity index (χ2n) is 5.34. The van der Waals surface area contributed by atoms with Gasteiger partial charge >= 0.3 is 0 Å². The molecule has 1 aromatic carbocycles. The van der Waals surface area contributed by atoms with Crippen LogP contribution in [0.15, 0.2) is 27.6 Å². The summed E-state index contributed by atoms with van der Waals surface area (Å²) >= 11 is 3.19. The molecule has 1 saturated carbocycles. The van der Waals surface area contributed by atoms with Gasteiger partial charge in [0.2, 0.25) is 15.9 Å². The number of nitrogens with two attached hydrogens (primary N) is 2. The van der Waals surface area contributed by atoms with Gasteiger partial charge in [-0.25, -0.2) is 13.1 Å². The van der Waals surface area contributed by atoms with Crippen LogP contribution in [-0.4, -0.2) is 26.4 Å². The third-order valence-corrected chi connectivity index (χ3v) is 5.78. The third kappa shape index (κ3) is 4.20. The van der Waals surface area contributed by atoms with Crippen molar-refractivity contribution in [2.24, 2.45) is 11.5 Å². The normalized spacial score (nSPS) is 17.0. The number of amides is 1. The van der Waals surface area contributed by atoms with Crippen LogP contribution in [-0.2, 0) is 10.0 Å². The third-order valence-electron chi connectivity index (χ3n) is 3.77. The van der Waals surface area contributed by atoms with Gasteiger partial charge in [-0.15, -0.1) is 12.4 Å². The average molecular weight is 413 g/mol. The molecule has 1 amide bonds. The van der Waals surface area contributed by atoms with E-state index < -0.39 is 21.5 Å². The van der Waals surface area contributed by atoms with Crippen molar-refractivity contribution in [1.29, 1.82) is 0 Å². The summed E-state index contributed by atoms with van der Waals surface area (Å²) in [5.41, 5.74) is 10.5. The molecule has 1 fully saturated rings. The van der Waals surface area contributed by atoms with Gasteiger partial charge in [0.15, 0.2) is 0 Å². The van der Waals surface area contributed by atoms with Crippen LogP contribution in [0.25, 0.3) is 0 Å². The number of carbonyl (C=O) groups is 1. The minimum Gasteiger partial charge on any atom is -0.366 e. The molecule has 0 radical (unpaired) electrons. The summed E-state index contributed by atoms with van der Waals surface area (Å²) in [5.74, 6) is -0.679. The zero-order chi connectivity index (χ0) is 15.7. The molecule has 0 spiro atoms. The van der Waals surface area contributed by atoms with Gasteiger partial charge in [0.1, 0.15) is 0 Å². The van der Waals surface area contributed by atoms with Crippen LogP contribution in [0.4, 0.5) is 0 Å². The SMILES string of the molecule is Cl.NCC1(NS(=O)(=O)c2cc(Br)cc(C(N)=O)c2)CCCC1. The van der Waals surface area contributed by atoms with Crippen LogP contribution in [0.3, 0.4) is 0 Å². The van der Waals surface area contributed by atoms with Crippen LogP contribution in [0.5, 0.6) is 0 Å². The Balaban J connectivity index is 0.00000242. The Hall–Kier alpha value is -0.670. The number of primary amides is 1. The van der Waals surface area contributed by atoms with E-state index in [-0.39, 0.29) is 29.4 Å². The lowest BCUT2D eigenvalue weighted by Gasteiger charge is -2.28. The van der Waals surface area contributed by atoms with Crippen molar-refractivity contribution in [2.75, 3.05) is 6.54 Å². The van der Waals surface area contributed by atoms with E-state index in [1.165, 1.54) is 18.2 Å². The summed E-state index contributed by atoms with van der Waals surface area (Å²) in [6, 6.07) is 4.19. The van der Waals surface area contributed by atoms with Crippen LogP contribution < -0.4 is 16.2 Å². The van der Waals surface area contributed by atoms with Gasteiger partial charge in [0.25, 0.3) is 0 Å². The van der Waals surface area contributed by atoms with Gasteiger partial charge in [-0.3, -0.25) is 4.79 Å². The van der Waals surface area contributed by atoms with Crippen LogP contribution >= 0.6 is 28.3 Å². The summed E-state index contributed by atoms with van der Waals surface area (Å²) in [5, 5.41) is 0. The van der Waals surface area contributed by atoms with Crippen molar-refractivity contribution in [1.82, 2.24) is 4.72 Å². The van der Waals surface area contributed by atoms with Crippen LogP contribution in [0.1, 0.15) is 36.0 Å². The van der Waals surface area contributed by atoms with Gasteiger partial charge < -0.3 is 11.5 Å². The predicted molar refractivity (Wildman–Crippen MR) is 90.5 cm³/mol. The van der Waals surface area contributed by atoms with Crippen LogP contribution in [0, 0.1) is 0 Å². The minimum atomic E-state index is -3.76. The highest BCUT2D eigenvalue weighted by Crippen LogP contribution is 2.31. The molecule has 6 nitrogen and oxygen atoms in total. The van der Waals surface area contributed by atoms with Crippen molar-refractivity contribution in [3.8, 4) is 0 Å². The second-order valence-corrected chi connectivity index (χ2v) is 7.93. The molecular weight excluding hydrogens is 394 g/mol. The van der Waals surface area contributed by atoms with Crippen molar-refractivity contribution < 1.29 is 13.2 Å². The fraction of sp³-hybridized carbons (Fsp3) is 0.462. The van der Waals surface area contributed by atoms with Crippen molar-refractivity contribution in [2.45, 2.75) is 36.1 Å². The molecule has 0 saturated heterocycles. The summed E-state index contributed by atoms with van der Waals surface area (Å²) in [4.78, 5) is 11.3. The molecule has 124 valence electrons. The lowest BCUT2D eigenvalue weighted by Crippen LogP contribution is -2.51. The number of hydrogen-bond acceptors (Lipinski definition) is 4. The van der Waals surface area contributed by atoms with E-state index in [0.717, 1.165) is 25.7 Å². The lowest BCUT2D eigenvalue weighted by molar-refractivity contribution is 0.1000. The summed E-state index contributed by atoms with van der Waals surface area (Å²) < 4.78 is 28.3. The Bertz CT molecular complexity index is 660. The van der Waals surface area contributed by atoms with Crippen molar-refractivity contribution in [3.05, 3.63) is 28.2 Å². The van der Waals surface area contributed by atoms with E-state index in [1.807, 2.05) is 0 Å². The molecule has 9 heteroatoms. The van der Waals surface area contributed by atoms with Crippen LogP contribution in [0.2, 0.25) is 0 Å². The first-order valence-electron chi connectivity index (χ1n) is 6.62. The molecule has 0 bridgehead atoms. The summed E-state index contributed by atoms with van der Waals surface area (Å²) in [6.07, 6.45) is 3.34.